The summed E-state index contributed by atoms with van der Waals surface area (Å²) in [6.07, 6.45) is -1.20. The molecule has 0 spiro atoms. The molecule has 1 aliphatic heterocycles. The molecule has 2 heterocycles. The van der Waals surface area contributed by atoms with Crippen molar-refractivity contribution in [1.82, 2.24) is 14.4 Å². The van der Waals surface area contributed by atoms with Crippen molar-refractivity contribution in [2.45, 2.75) is 83.3 Å². The predicted molar refractivity (Wildman–Crippen MR) is 138 cm³/mol. The van der Waals surface area contributed by atoms with E-state index in [-0.39, 0.29) is 32.4 Å². The van der Waals surface area contributed by atoms with Gasteiger partial charge in [-0.2, -0.15) is 13.2 Å². The van der Waals surface area contributed by atoms with Gasteiger partial charge in [0, 0.05) is 23.9 Å². The highest BCUT2D eigenvalue weighted by molar-refractivity contribution is 6.75. The number of halogens is 3. The maximum absolute atomic E-state index is 13.3. The number of rotatable bonds is 9. The Bertz CT molecular complexity index is 1160. The van der Waals surface area contributed by atoms with Gasteiger partial charge in [-0.05, 0) is 44.0 Å². The Morgan fingerprint density at radius 2 is 1.84 bits per heavy atom. The molecule has 1 fully saturated rings. The first-order valence-corrected chi connectivity index (χ1v) is 16.1. The first kappa shape index (κ1) is 28.7. The van der Waals surface area contributed by atoms with Crippen LogP contribution in [0.1, 0.15) is 45.1 Å². The van der Waals surface area contributed by atoms with E-state index in [0.29, 0.717) is 11.3 Å². The summed E-state index contributed by atoms with van der Waals surface area (Å²) in [6, 6.07) is 6.49. The standard InChI is InChI=1S/C26H36F3N3O4Si/c1-6-7-15-36-24(35)25(2,30-22(33)21-13-10-14-31(21)23(34)26(27,28)29)16-18-17-32(37(3,4)5)20-12-9-8-11-19(18)20/h8-9,11-12,17,21H,6-7,10,13-16H2,1-5H3,(H,30,33)/t21-,25-/m0/s1. The van der Waals surface area contributed by atoms with Crippen molar-refractivity contribution in [3.8, 4) is 0 Å². The van der Waals surface area contributed by atoms with Gasteiger partial charge >= 0.3 is 18.1 Å². The van der Waals surface area contributed by atoms with Crippen LogP contribution < -0.4 is 5.32 Å². The van der Waals surface area contributed by atoms with E-state index >= 15 is 0 Å². The number of fused-ring (bicyclic) bond motifs is 1. The molecule has 0 radical (unpaired) electrons. The van der Waals surface area contributed by atoms with E-state index in [2.05, 4.69) is 29.2 Å². The number of aromatic nitrogens is 1. The van der Waals surface area contributed by atoms with Crippen molar-refractivity contribution >= 4 is 36.9 Å². The normalized spacial score (nSPS) is 18.1. The summed E-state index contributed by atoms with van der Waals surface area (Å²) in [6.45, 7) is 10.1. The lowest BCUT2D eigenvalue weighted by molar-refractivity contribution is -0.187. The molecule has 0 saturated carbocycles. The lowest BCUT2D eigenvalue weighted by Crippen LogP contribution is -2.59. The molecule has 0 bridgehead atoms. The number of unbranched alkanes of at least 4 members (excludes halogenated alkanes) is 1. The average Bonchev–Trinajstić information content (AvgIpc) is 3.43. The summed E-state index contributed by atoms with van der Waals surface area (Å²) in [5, 5.41) is 3.62. The summed E-state index contributed by atoms with van der Waals surface area (Å²) in [7, 11) is -1.84. The minimum atomic E-state index is -5.08. The number of para-hydroxylation sites is 1. The van der Waals surface area contributed by atoms with E-state index in [1.165, 1.54) is 6.92 Å². The van der Waals surface area contributed by atoms with Crippen molar-refractivity contribution in [3.63, 3.8) is 0 Å². The van der Waals surface area contributed by atoms with Gasteiger partial charge in [0.15, 0.2) is 8.24 Å². The smallest absolute Gasteiger partial charge is 0.464 e. The molecule has 37 heavy (non-hydrogen) atoms. The van der Waals surface area contributed by atoms with E-state index in [4.69, 9.17) is 4.74 Å². The van der Waals surface area contributed by atoms with Crippen LogP contribution in [-0.4, -0.2) is 66.1 Å². The van der Waals surface area contributed by atoms with Gasteiger partial charge in [0.1, 0.15) is 11.6 Å². The molecule has 2 aromatic rings. The second-order valence-electron chi connectivity index (χ2n) is 10.9. The van der Waals surface area contributed by atoms with Crippen LogP contribution in [0.4, 0.5) is 13.2 Å². The van der Waals surface area contributed by atoms with Gasteiger partial charge in [0.25, 0.3) is 0 Å². The van der Waals surface area contributed by atoms with Gasteiger partial charge in [-0.25, -0.2) is 4.79 Å². The molecule has 11 heteroatoms. The SMILES string of the molecule is CCCCOC(=O)[C@](C)(Cc1cn([Si](C)(C)C)c2ccccc12)NC(=O)[C@@H]1CCCN1C(=O)C(F)(F)F. The molecule has 3 rings (SSSR count). The molecular formula is C26H36F3N3O4Si. The molecule has 2 amide bonds. The second kappa shape index (κ2) is 10.9. The van der Waals surface area contributed by atoms with Crippen molar-refractivity contribution in [1.29, 1.82) is 0 Å². The van der Waals surface area contributed by atoms with Gasteiger partial charge in [-0.15, -0.1) is 0 Å². The van der Waals surface area contributed by atoms with Gasteiger partial charge in [0.05, 0.1) is 6.61 Å². The van der Waals surface area contributed by atoms with Gasteiger partial charge in [-0.1, -0.05) is 51.2 Å². The number of nitrogens with zero attached hydrogens (tertiary/aromatic N) is 2. The van der Waals surface area contributed by atoms with E-state index < -0.39 is 43.8 Å². The van der Waals surface area contributed by atoms with E-state index in [9.17, 15) is 27.6 Å². The van der Waals surface area contributed by atoms with Gasteiger partial charge in [0.2, 0.25) is 5.91 Å². The fraction of sp³-hybridized carbons (Fsp3) is 0.577. The van der Waals surface area contributed by atoms with Gasteiger partial charge < -0.3 is 19.2 Å². The third-order valence-electron chi connectivity index (χ3n) is 6.70. The number of esters is 1. The monoisotopic (exact) mass is 539 g/mol. The van der Waals surface area contributed by atoms with Crippen LogP contribution in [-0.2, 0) is 25.5 Å². The predicted octanol–water partition coefficient (Wildman–Crippen LogP) is 4.64. The Morgan fingerprint density at radius 3 is 2.46 bits per heavy atom. The molecule has 7 nitrogen and oxygen atoms in total. The lowest BCUT2D eigenvalue weighted by atomic mass is 9.91. The lowest BCUT2D eigenvalue weighted by Gasteiger charge is -2.32. The molecular weight excluding hydrogens is 503 g/mol. The van der Waals surface area contributed by atoms with Crippen LogP contribution in [0.3, 0.4) is 0 Å². The number of ether oxygens (including phenoxy) is 1. The average molecular weight is 540 g/mol. The largest absolute Gasteiger partial charge is 0.471 e. The number of benzene rings is 1. The van der Waals surface area contributed by atoms with Crippen molar-refractivity contribution in [2.75, 3.05) is 13.2 Å². The van der Waals surface area contributed by atoms with Crippen molar-refractivity contribution < 1.29 is 32.3 Å². The minimum Gasteiger partial charge on any atom is -0.464 e. The molecule has 1 aromatic carbocycles. The number of alkyl halides is 3. The number of carbonyl (C=O) groups excluding carboxylic acids is 3. The van der Waals surface area contributed by atoms with E-state index in [1.807, 2.05) is 37.4 Å². The number of carbonyl (C=O) groups is 3. The highest BCUT2D eigenvalue weighted by Gasteiger charge is 2.49. The number of nitrogens with one attached hydrogen (secondary N) is 1. The fourth-order valence-corrected chi connectivity index (χ4v) is 6.22. The molecule has 0 aliphatic carbocycles. The number of amides is 2. The third kappa shape index (κ3) is 6.37. The maximum Gasteiger partial charge on any atom is 0.471 e. The van der Waals surface area contributed by atoms with Crippen LogP contribution in [0.25, 0.3) is 10.9 Å². The van der Waals surface area contributed by atoms with Crippen LogP contribution >= 0.6 is 0 Å². The van der Waals surface area contributed by atoms with Crippen LogP contribution in [0.15, 0.2) is 30.5 Å². The Balaban J connectivity index is 1.96. The molecule has 1 aromatic heterocycles. The Morgan fingerprint density at radius 1 is 1.16 bits per heavy atom. The summed E-state index contributed by atoms with van der Waals surface area (Å²) >= 11 is 0. The second-order valence-corrected chi connectivity index (χ2v) is 15.7. The van der Waals surface area contributed by atoms with Crippen LogP contribution in [0, 0.1) is 0 Å². The Hall–Kier alpha value is -2.82. The third-order valence-corrected chi connectivity index (χ3v) is 8.52. The number of hydrogen-bond acceptors (Lipinski definition) is 4. The molecule has 204 valence electrons. The van der Waals surface area contributed by atoms with E-state index in [1.54, 1.807) is 0 Å². The highest BCUT2D eigenvalue weighted by Crippen LogP contribution is 2.30. The molecule has 1 saturated heterocycles. The zero-order valence-electron chi connectivity index (χ0n) is 22.1. The maximum atomic E-state index is 13.3. The Labute approximate surface area is 216 Å². The zero-order valence-corrected chi connectivity index (χ0v) is 23.1. The van der Waals surface area contributed by atoms with Gasteiger partial charge in [-0.3, -0.25) is 9.59 Å². The molecule has 2 atom stereocenters. The highest BCUT2D eigenvalue weighted by atomic mass is 28.3. The topological polar surface area (TPSA) is 80.6 Å². The summed E-state index contributed by atoms with van der Waals surface area (Å²) in [5.74, 6) is -3.50. The number of hydrogen-bond donors (Lipinski definition) is 1. The number of likely N-dealkylation sites (tertiary alicyclic amines) is 1. The first-order chi connectivity index (χ1) is 17.2. The Kier molecular flexibility index (Phi) is 8.46. The first-order valence-electron chi connectivity index (χ1n) is 12.7. The molecule has 0 unspecified atom stereocenters. The summed E-state index contributed by atoms with van der Waals surface area (Å²) < 4.78 is 47.1. The minimum absolute atomic E-state index is 0.0849. The molecule has 1 aliphatic rings. The zero-order chi connectivity index (χ0) is 27.6. The fourth-order valence-electron chi connectivity index (χ4n) is 4.76. The van der Waals surface area contributed by atoms with E-state index in [0.717, 1.165) is 22.9 Å². The van der Waals surface area contributed by atoms with Crippen molar-refractivity contribution in [3.05, 3.63) is 36.0 Å². The summed E-state index contributed by atoms with van der Waals surface area (Å²) in [5.41, 5.74) is 0.291. The molecule has 1 N–H and O–H groups in total. The van der Waals surface area contributed by atoms with Crippen LogP contribution in [0.2, 0.25) is 19.6 Å². The van der Waals surface area contributed by atoms with Crippen LogP contribution in [0.5, 0.6) is 0 Å². The summed E-state index contributed by atoms with van der Waals surface area (Å²) in [4.78, 5) is 39.1. The van der Waals surface area contributed by atoms with Crippen molar-refractivity contribution in [2.24, 2.45) is 0 Å². The quantitative estimate of drug-likeness (QED) is 0.286.